The number of nitrogens with zero attached hydrogens (tertiary/aromatic N) is 1. The van der Waals surface area contributed by atoms with Crippen LogP contribution in [-0.4, -0.2) is 23.5 Å². The molecule has 0 saturated carbocycles. The molecule has 5 nitrogen and oxygen atoms in total. The number of carbonyl (C=O) groups is 2. The number of rotatable bonds is 5. The number of esters is 1. The average molecular weight is 366 g/mol. The normalized spacial score (nSPS) is 10.6. The van der Waals surface area contributed by atoms with Gasteiger partial charge in [0.2, 0.25) is 0 Å². The summed E-state index contributed by atoms with van der Waals surface area (Å²) in [6, 6.07) is 13.6. The molecule has 1 aromatic heterocycles. The van der Waals surface area contributed by atoms with E-state index in [0.717, 1.165) is 0 Å². The number of carbonyl (C=O) groups excluding carboxylic acids is 2. The van der Waals surface area contributed by atoms with Crippen LogP contribution in [0.25, 0.3) is 10.9 Å². The third-order valence-electron chi connectivity index (χ3n) is 4.12. The van der Waals surface area contributed by atoms with E-state index in [2.05, 4.69) is 10.3 Å². The Labute approximate surface area is 156 Å². The summed E-state index contributed by atoms with van der Waals surface area (Å²) in [6.07, 6.45) is 0. The molecular formula is C21H19FN2O3. The zero-order chi connectivity index (χ0) is 19.4. The number of para-hydroxylation sites is 1. The predicted molar refractivity (Wildman–Crippen MR) is 99.7 cm³/mol. The molecule has 0 radical (unpaired) electrons. The third kappa shape index (κ3) is 4.47. The Hall–Kier alpha value is -3.28. The lowest BCUT2D eigenvalue weighted by atomic mass is 10.1. The fraction of sp³-hybridized carbons (Fsp3) is 0.190. The van der Waals surface area contributed by atoms with Gasteiger partial charge < -0.3 is 10.1 Å². The first-order valence-electron chi connectivity index (χ1n) is 8.49. The lowest BCUT2D eigenvalue weighted by molar-refractivity contribution is -0.124. The molecule has 0 atom stereocenters. The van der Waals surface area contributed by atoms with Gasteiger partial charge in [0.15, 0.2) is 6.61 Å². The number of aryl methyl sites for hydroxylation is 2. The van der Waals surface area contributed by atoms with Crippen LogP contribution in [0, 0.1) is 19.7 Å². The Balaban J connectivity index is 1.60. The van der Waals surface area contributed by atoms with Crippen LogP contribution in [0.1, 0.15) is 27.2 Å². The van der Waals surface area contributed by atoms with Crippen LogP contribution in [-0.2, 0) is 16.1 Å². The van der Waals surface area contributed by atoms with Crippen LogP contribution in [0.5, 0.6) is 0 Å². The van der Waals surface area contributed by atoms with Crippen molar-refractivity contribution in [3.63, 3.8) is 0 Å². The van der Waals surface area contributed by atoms with Crippen LogP contribution >= 0.6 is 0 Å². The molecule has 0 aliphatic heterocycles. The second-order valence-electron chi connectivity index (χ2n) is 6.26. The number of aromatic nitrogens is 1. The van der Waals surface area contributed by atoms with Crippen molar-refractivity contribution in [2.24, 2.45) is 0 Å². The van der Waals surface area contributed by atoms with E-state index in [1.54, 1.807) is 38.1 Å². The van der Waals surface area contributed by atoms with Gasteiger partial charge in [0.1, 0.15) is 5.82 Å². The molecule has 0 aliphatic rings. The number of fused-ring (bicyclic) bond motifs is 1. The molecule has 3 aromatic rings. The molecule has 0 fully saturated rings. The molecule has 1 amide bonds. The number of halogens is 1. The molecular weight excluding hydrogens is 347 g/mol. The SMILES string of the molecule is Cc1cc(C(=O)OCC(=O)NCc2ccc(C)c(F)c2)c2ccccc2n1. The van der Waals surface area contributed by atoms with Crippen molar-refractivity contribution in [3.05, 3.63) is 76.7 Å². The monoisotopic (exact) mass is 366 g/mol. The summed E-state index contributed by atoms with van der Waals surface area (Å²) in [5, 5.41) is 3.28. The number of benzene rings is 2. The van der Waals surface area contributed by atoms with Gasteiger partial charge in [-0.1, -0.05) is 30.3 Å². The summed E-state index contributed by atoms with van der Waals surface area (Å²) >= 11 is 0. The summed E-state index contributed by atoms with van der Waals surface area (Å²) in [5.74, 6) is -1.37. The van der Waals surface area contributed by atoms with Gasteiger partial charge in [-0.3, -0.25) is 9.78 Å². The molecule has 0 saturated heterocycles. The Kier molecular flexibility index (Phi) is 5.45. The standard InChI is InChI=1S/C21H19FN2O3/c1-13-7-8-15(10-18(13)22)11-23-20(25)12-27-21(26)17-9-14(2)24-19-6-4-3-5-16(17)19/h3-10H,11-12H2,1-2H3,(H,23,25). The van der Waals surface area contributed by atoms with E-state index in [4.69, 9.17) is 4.74 Å². The highest BCUT2D eigenvalue weighted by Crippen LogP contribution is 2.19. The topological polar surface area (TPSA) is 68.3 Å². The molecule has 27 heavy (non-hydrogen) atoms. The Morgan fingerprint density at radius 2 is 1.89 bits per heavy atom. The van der Waals surface area contributed by atoms with Crippen LogP contribution in [0.2, 0.25) is 0 Å². The molecule has 3 rings (SSSR count). The van der Waals surface area contributed by atoms with Crippen molar-refractivity contribution in [2.75, 3.05) is 6.61 Å². The Bertz CT molecular complexity index is 1020. The summed E-state index contributed by atoms with van der Waals surface area (Å²) in [5.41, 5.74) is 2.92. The number of hydrogen-bond donors (Lipinski definition) is 1. The molecule has 0 spiro atoms. The van der Waals surface area contributed by atoms with Gasteiger partial charge in [-0.25, -0.2) is 9.18 Å². The molecule has 6 heteroatoms. The number of hydrogen-bond acceptors (Lipinski definition) is 4. The van der Waals surface area contributed by atoms with E-state index in [-0.39, 0.29) is 12.4 Å². The van der Waals surface area contributed by atoms with Crippen molar-refractivity contribution in [3.8, 4) is 0 Å². The van der Waals surface area contributed by atoms with Gasteiger partial charge in [-0.05, 0) is 43.2 Å². The van der Waals surface area contributed by atoms with Gasteiger partial charge in [-0.2, -0.15) is 0 Å². The van der Waals surface area contributed by atoms with Crippen molar-refractivity contribution in [1.29, 1.82) is 0 Å². The number of amides is 1. The maximum atomic E-state index is 13.5. The summed E-state index contributed by atoms with van der Waals surface area (Å²) < 4.78 is 18.6. The van der Waals surface area contributed by atoms with E-state index in [0.29, 0.717) is 33.3 Å². The molecule has 1 N–H and O–H groups in total. The maximum Gasteiger partial charge on any atom is 0.339 e. The predicted octanol–water partition coefficient (Wildman–Crippen LogP) is 3.46. The highest BCUT2D eigenvalue weighted by atomic mass is 19.1. The van der Waals surface area contributed by atoms with Crippen molar-refractivity contribution >= 4 is 22.8 Å². The number of pyridine rings is 1. The lowest BCUT2D eigenvalue weighted by Gasteiger charge is -2.09. The molecule has 0 aliphatic carbocycles. The van der Waals surface area contributed by atoms with Crippen LogP contribution in [0.3, 0.4) is 0 Å². The van der Waals surface area contributed by atoms with Crippen LogP contribution < -0.4 is 5.32 Å². The maximum absolute atomic E-state index is 13.5. The fourth-order valence-electron chi connectivity index (χ4n) is 2.68. The number of nitrogens with one attached hydrogen (secondary N) is 1. The molecule has 0 bridgehead atoms. The molecule has 0 unspecified atom stereocenters. The van der Waals surface area contributed by atoms with E-state index in [1.165, 1.54) is 6.07 Å². The Morgan fingerprint density at radius 3 is 2.67 bits per heavy atom. The average Bonchev–Trinajstić information content (AvgIpc) is 2.66. The largest absolute Gasteiger partial charge is 0.452 e. The smallest absolute Gasteiger partial charge is 0.339 e. The summed E-state index contributed by atoms with van der Waals surface area (Å²) in [4.78, 5) is 28.7. The molecule has 138 valence electrons. The third-order valence-corrected chi connectivity index (χ3v) is 4.12. The quantitative estimate of drug-likeness (QED) is 0.702. The van der Waals surface area contributed by atoms with Gasteiger partial charge >= 0.3 is 5.97 Å². The van der Waals surface area contributed by atoms with E-state index >= 15 is 0 Å². The first-order valence-corrected chi connectivity index (χ1v) is 8.49. The zero-order valence-electron chi connectivity index (χ0n) is 15.1. The van der Waals surface area contributed by atoms with Crippen LogP contribution in [0.15, 0.2) is 48.5 Å². The van der Waals surface area contributed by atoms with Gasteiger partial charge in [0.25, 0.3) is 5.91 Å². The van der Waals surface area contributed by atoms with Gasteiger partial charge in [0, 0.05) is 17.6 Å². The van der Waals surface area contributed by atoms with E-state index < -0.39 is 18.5 Å². The first-order chi connectivity index (χ1) is 12.9. The highest BCUT2D eigenvalue weighted by Gasteiger charge is 2.15. The van der Waals surface area contributed by atoms with E-state index in [1.807, 2.05) is 18.2 Å². The highest BCUT2D eigenvalue weighted by molar-refractivity contribution is 6.04. The minimum atomic E-state index is -0.590. The second-order valence-corrected chi connectivity index (χ2v) is 6.26. The molecule has 1 heterocycles. The first kappa shape index (κ1) is 18.5. The summed E-state index contributed by atoms with van der Waals surface area (Å²) in [6.45, 7) is 3.20. The van der Waals surface area contributed by atoms with Crippen molar-refractivity contribution in [1.82, 2.24) is 10.3 Å². The fourth-order valence-corrected chi connectivity index (χ4v) is 2.68. The minimum Gasteiger partial charge on any atom is -0.452 e. The lowest BCUT2D eigenvalue weighted by Crippen LogP contribution is -2.28. The summed E-state index contributed by atoms with van der Waals surface area (Å²) in [7, 11) is 0. The molecule has 2 aromatic carbocycles. The zero-order valence-corrected chi connectivity index (χ0v) is 15.1. The van der Waals surface area contributed by atoms with Crippen molar-refractivity contribution < 1.29 is 18.7 Å². The number of ether oxygens (including phenoxy) is 1. The van der Waals surface area contributed by atoms with Crippen molar-refractivity contribution in [2.45, 2.75) is 20.4 Å². The Morgan fingerprint density at radius 1 is 1.11 bits per heavy atom. The van der Waals surface area contributed by atoms with Gasteiger partial charge in [-0.15, -0.1) is 0 Å². The van der Waals surface area contributed by atoms with E-state index in [9.17, 15) is 14.0 Å². The van der Waals surface area contributed by atoms with Gasteiger partial charge in [0.05, 0.1) is 11.1 Å². The van der Waals surface area contributed by atoms with Crippen LogP contribution in [0.4, 0.5) is 4.39 Å². The second kappa shape index (κ2) is 7.95. The minimum absolute atomic E-state index is 0.158.